The van der Waals surface area contributed by atoms with E-state index in [0.717, 1.165) is 66.5 Å². The average Bonchev–Trinajstić information content (AvgIpc) is 3.38. The van der Waals surface area contributed by atoms with Crippen molar-refractivity contribution in [3.63, 3.8) is 0 Å². The van der Waals surface area contributed by atoms with Crippen molar-refractivity contribution in [2.75, 3.05) is 49.8 Å². The first-order chi connectivity index (χ1) is 19.9. The lowest BCUT2D eigenvalue weighted by molar-refractivity contribution is -0.111. The smallest absolute Gasteiger partial charge is 0.247 e. The number of benzene rings is 2. The number of aliphatic hydroxyl groups excluding tert-OH is 1. The van der Waals surface area contributed by atoms with E-state index >= 15 is 0 Å². The minimum Gasteiger partial charge on any atom is -0.437 e. The predicted molar refractivity (Wildman–Crippen MR) is 165 cm³/mol. The second-order valence-electron chi connectivity index (χ2n) is 10.8. The molecule has 2 aromatic carbocycles. The summed E-state index contributed by atoms with van der Waals surface area (Å²) in [5.74, 6) is 0.982. The lowest BCUT2D eigenvalue weighted by Crippen LogP contribution is -2.36. The quantitative estimate of drug-likeness (QED) is 0.224. The van der Waals surface area contributed by atoms with Crippen LogP contribution in [0.2, 0.25) is 0 Å². The molecule has 0 radical (unpaired) electrons. The van der Waals surface area contributed by atoms with Gasteiger partial charge < -0.3 is 30.0 Å². The molecule has 0 bridgehead atoms. The number of fused-ring (bicyclic) bond motifs is 1. The number of carbonyl (C=O) groups is 1. The van der Waals surface area contributed by atoms with Gasteiger partial charge in [-0.05, 0) is 50.7 Å². The van der Waals surface area contributed by atoms with Crippen LogP contribution in [0.5, 0.6) is 0 Å². The minimum atomic E-state index is -0.449. The zero-order valence-electron chi connectivity index (χ0n) is 23.9. The van der Waals surface area contributed by atoms with Crippen molar-refractivity contribution in [3.05, 3.63) is 67.5 Å². The summed E-state index contributed by atoms with van der Waals surface area (Å²) in [6, 6.07) is 15.8. The van der Waals surface area contributed by atoms with Crippen LogP contribution < -0.4 is 15.5 Å². The van der Waals surface area contributed by atoms with E-state index in [4.69, 9.17) is 4.42 Å². The lowest BCUT2D eigenvalue weighted by Gasteiger charge is -2.29. The number of aliphatic hydroxyl groups is 1. The van der Waals surface area contributed by atoms with Gasteiger partial charge in [0.25, 0.3) is 0 Å². The van der Waals surface area contributed by atoms with Crippen LogP contribution in [-0.2, 0) is 4.79 Å². The maximum Gasteiger partial charge on any atom is 0.247 e. The Bertz CT molecular complexity index is 1520. The maximum atomic E-state index is 12.5. The second-order valence-corrected chi connectivity index (χ2v) is 10.8. The number of hydrogen-bond acceptors (Lipinski definition) is 8. The minimum absolute atomic E-state index is 0.111. The van der Waals surface area contributed by atoms with E-state index in [0.29, 0.717) is 23.0 Å². The number of amides is 1. The van der Waals surface area contributed by atoms with Crippen molar-refractivity contribution < 1.29 is 14.3 Å². The van der Waals surface area contributed by atoms with Gasteiger partial charge in [0.2, 0.25) is 11.6 Å². The summed E-state index contributed by atoms with van der Waals surface area (Å²) in [6.45, 7) is 5.27. The third-order valence-electron chi connectivity index (χ3n) is 7.60. The fraction of sp³-hybridized carbons (Fsp3) is 0.344. The van der Waals surface area contributed by atoms with E-state index in [1.54, 1.807) is 0 Å². The fourth-order valence-corrected chi connectivity index (χ4v) is 5.35. The number of anilines is 3. The molecule has 41 heavy (non-hydrogen) atoms. The van der Waals surface area contributed by atoms with Crippen LogP contribution in [0.4, 0.5) is 17.2 Å². The van der Waals surface area contributed by atoms with E-state index < -0.39 is 6.10 Å². The Hall–Kier alpha value is -4.21. The number of nitrogens with zero attached hydrogens (tertiary/aromatic N) is 4. The summed E-state index contributed by atoms with van der Waals surface area (Å²) in [4.78, 5) is 25.8. The molecule has 4 aromatic rings. The van der Waals surface area contributed by atoms with Gasteiger partial charge in [-0.15, -0.1) is 0 Å². The Balaban J connectivity index is 1.68. The van der Waals surface area contributed by atoms with E-state index in [1.807, 2.05) is 69.7 Å². The topological polar surface area (TPSA) is 107 Å². The Morgan fingerprint density at radius 1 is 1.07 bits per heavy atom. The number of carbonyl (C=O) groups excluding carboxylic acids is 1. The molecule has 0 unspecified atom stereocenters. The molecular weight excluding hydrogens is 516 g/mol. The normalized spacial score (nSPS) is 17.0. The number of nitrogens with one attached hydrogen (secondary N) is 2. The van der Waals surface area contributed by atoms with Crippen LogP contribution in [0.25, 0.3) is 33.6 Å². The second kappa shape index (κ2) is 12.5. The van der Waals surface area contributed by atoms with Crippen LogP contribution >= 0.6 is 0 Å². The zero-order chi connectivity index (χ0) is 28.9. The van der Waals surface area contributed by atoms with Gasteiger partial charge >= 0.3 is 0 Å². The van der Waals surface area contributed by atoms with Crippen molar-refractivity contribution >= 4 is 34.2 Å². The molecule has 1 amide bonds. The van der Waals surface area contributed by atoms with Gasteiger partial charge in [0.1, 0.15) is 17.9 Å². The predicted octanol–water partition coefficient (Wildman–Crippen LogP) is 5.39. The summed E-state index contributed by atoms with van der Waals surface area (Å²) in [7, 11) is 6.08. The van der Waals surface area contributed by atoms with Gasteiger partial charge in [0.15, 0.2) is 0 Å². The molecule has 9 heteroatoms. The molecule has 5 rings (SSSR count). The summed E-state index contributed by atoms with van der Waals surface area (Å²) in [6.07, 6.45) is 5.99. The highest BCUT2D eigenvalue weighted by Crippen LogP contribution is 2.44. The third kappa shape index (κ3) is 6.26. The van der Waals surface area contributed by atoms with Crippen LogP contribution in [0.1, 0.15) is 25.7 Å². The highest BCUT2D eigenvalue weighted by molar-refractivity contribution is 6.08. The third-order valence-corrected chi connectivity index (χ3v) is 7.60. The summed E-state index contributed by atoms with van der Waals surface area (Å²) < 4.78 is 6.41. The molecule has 1 fully saturated rings. The molecule has 1 aliphatic rings. The fourth-order valence-electron chi connectivity index (χ4n) is 5.35. The Kier molecular flexibility index (Phi) is 8.66. The molecule has 0 aliphatic heterocycles. The molecule has 9 nitrogen and oxygen atoms in total. The maximum absolute atomic E-state index is 12.5. The highest BCUT2D eigenvalue weighted by atomic mass is 16.3. The van der Waals surface area contributed by atoms with E-state index in [2.05, 4.69) is 37.0 Å². The van der Waals surface area contributed by atoms with Crippen molar-refractivity contribution in [2.45, 2.75) is 37.8 Å². The monoisotopic (exact) mass is 554 g/mol. The largest absolute Gasteiger partial charge is 0.437 e. The van der Waals surface area contributed by atoms with Crippen molar-refractivity contribution in [1.29, 1.82) is 0 Å². The number of hydrogen-bond donors (Lipinski definition) is 3. The summed E-state index contributed by atoms with van der Waals surface area (Å²) in [5.41, 5.74) is 4.55. The first kappa shape index (κ1) is 28.3. The van der Waals surface area contributed by atoms with Crippen LogP contribution in [0, 0.1) is 0 Å². The van der Waals surface area contributed by atoms with Gasteiger partial charge in [0.05, 0.1) is 28.9 Å². The standard InChI is InChI=1S/C32H38N6O3/c1-5-27(40)35-24-19-22(15-16-25(24)38(4)18-17-37(2)3)28-29-31(36-23-13-9-10-14-26(23)39)33-20-34-32(29)41-30(28)21-11-7-6-8-12-21/h5-8,11-12,15-16,19-20,23,26,39H,1,9-10,13-14,17-18H2,2-4H3,(H,35,40)(H,33,34,36)/t23-,26-/m1/s1. The van der Waals surface area contributed by atoms with Crippen molar-refractivity contribution in [3.8, 4) is 22.5 Å². The van der Waals surface area contributed by atoms with E-state index in [9.17, 15) is 9.90 Å². The molecule has 2 aromatic heterocycles. The number of aromatic nitrogens is 2. The molecule has 2 atom stereocenters. The highest BCUT2D eigenvalue weighted by Gasteiger charge is 2.27. The van der Waals surface area contributed by atoms with Crippen molar-refractivity contribution in [2.24, 2.45) is 0 Å². The Labute approximate surface area is 240 Å². The molecule has 1 aliphatic carbocycles. The van der Waals surface area contributed by atoms with Crippen LogP contribution in [0.15, 0.2) is 71.9 Å². The zero-order valence-corrected chi connectivity index (χ0v) is 23.9. The molecule has 0 saturated heterocycles. The number of furan rings is 1. The van der Waals surface area contributed by atoms with Crippen molar-refractivity contribution in [1.82, 2.24) is 14.9 Å². The van der Waals surface area contributed by atoms with E-state index in [-0.39, 0.29) is 11.9 Å². The van der Waals surface area contributed by atoms with Gasteiger partial charge in [-0.2, -0.15) is 0 Å². The van der Waals surface area contributed by atoms with Gasteiger partial charge in [-0.3, -0.25) is 4.79 Å². The molecular formula is C32H38N6O3. The molecule has 1 saturated carbocycles. The SMILES string of the molecule is C=CC(=O)Nc1cc(-c2c(-c3ccccc3)oc3ncnc(N[C@@H]4CCCC[C@H]4O)c23)ccc1N(C)CCN(C)C. The van der Waals surface area contributed by atoms with E-state index in [1.165, 1.54) is 12.4 Å². The molecule has 0 spiro atoms. The van der Waals surface area contributed by atoms with Gasteiger partial charge in [0, 0.05) is 31.3 Å². The Morgan fingerprint density at radius 2 is 1.85 bits per heavy atom. The Morgan fingerprint density at radius 3 is 2.59 bits per heavy atom. The molecule has 3 N–H and O–H groups in total. The number of rotatable bonds is 10. The lowest BCUT2D eigenvalue weighted by atomic mass is 9.92. The first-order valence-electron chi connectivity index (χ1n) is 14.1. The summed E-state index contributed by atoms with van der Waals surface area (Å²) >= 11 is 0. The number of likely N-dealkylation sites (N-methyl/N-ethyl adjacent to an activating group) is 2. The molecule has 214 valence electrons. The van der Waals surface area contributed by atoms with Gasteiger partial charge in [-0.25, -0.2) is 9.97 Å². The van der Waals surface area contributed by atoms with Crippen LogP contribution in [-0.4, -0.2) is 72.3 Å². The first-order valence-corrected chi connectivity index (χ1v) is 14.1. The summed E-state index contributed by atoms with van der Waals surface area (Å²) in [5, 5.41) is 17.9. The van der Waals surface area contributed by atoms with Gasteiger partial charge in [-0.1, -0.05) is 55.8 Å². The molecule has 2 heterocycles. The average molecular weight is 555 g/mol. The van der Waals surface area contributed by atoms with Crippen LogP contribution in [0.3, 0.4) is 0 Å².